The van der Waals surface area contributed by atoms with Gasteiger partial charge in [0.25, 0.3) is 0 Å². The quantitative estimate of drug-likeness (QED) is 0.488. The minimum absolute atomic E-state index is 0.140. The lowest BCUT2D eigenvalue weighted by atomic mass is 10.2. The third-order valence-electron chi connectivity index (χ3n) is 1.25. The molecule has 0 atom stereocenters. The Bertz CT molecular complexity index is 262. The van der Waals surface area contributed by atoms with E-state index in [-0.39, 0.29) is 5.78 Å². The summed E-state index contributed by atoms with van der Waals surface area (Å²) in [6.07, 6.45) is 2.75. The summed E-state index contributed by atoms with van der Waals surface area (Å²) in [6.45, 7) is 5.15. The molecule has 0 radical (unpaired) electrons. The highest BCUT2D eigenvalue weighted by molar-refractivity contribution is 6.03. The molecule has 1 N–H and O–H groups in total. The van der Waals surface area contributed by atoms with Gasteiger partial charge in [-0.15, -0.1) is 0 Å². The molecule has 1 rings (SSSR count). The first-order valence-electron chi connectivity index (χ1n) is 2.92. The average Bonchev–Trinajstić information content (AvgIpc) is 2.34. The van der Waals surface area contributed by atoms with Crippen molar-refractivity contribution in [3.05, 3.63) is 30.4 Å². The highest BCUT2D eigenvalue weighted by Gasteiger charge is 2.05. The molecule has 3 nitrogen and oxygen atoms in total. The van der Waals surface area contributed by atoms with Gasteiger partial charge < -0.3 is 4.98 Å². The Kier molecular flexibility index (Phi) is 1.67. The number of ketones is 1. The fourth-order valence-corrected chi connectivity index (χ4v) is 0.704. The van der Waals surface area contributed by atoms with Crippen molar-refractivity contribution in [1.82, 2.24) is 9.97 Å². The van der Waals surface area contributed by atoms with Crippen molar-refractivity contribution < 1.29 is 4.79 Å². The lowest BCUT2D eigenvalue weighted by Gasteiger charge is -1.87. The summed E-state index contributed by atoms with van der Waals surface area (Å²) in [7, 11) is 0. The van der Waals surface area contributed by atoms with Crippen LogP contribution in [0.15, 0.2) is 19.0 Å². The Morgan fingerprint density at radius 2 is 2.60 bits per heavy atom. The summed E-state index contributed by atoms with van der Waals surface area (Å²) in [6, 6.07) is 0. The number of H-pyrrole nitrogens is 1. The van der Waals surface area contributed by atoms with Gasteiger partial charge >= 0.3 is 0 Å². The third kappa shape index (κ3) is 0.978. The molecule has 0 bridgehead atoms. The van der Waals surface area contributed by atoms with Crippen molar-refractivity contribution in [2.45, 2.75) is 6.92 Å². The standard InChI is InChI=1S/C7H8N2O/c1-3-6(10)7-5(2)8-4-9-7/h3-4H,1H2,2H3,(H,8,9). The highest BCUT2D eigenvalue weighted by Crippen LogP contribution is 2.00. The van der Waals surface area contributed by atoms with Gasteiger partial charge in [-0.05, 0) is 13.0 Å². The van der Waals surface area contributed by atoms with Gasteiger partial charge in [-0.2, -0.15) is 0 Å². The molecule has 1 heterocycles. The van der Waals surface area contributed by atoms with Gasteiger partial charge in [-0.1, -0.05) is 6.58 Å². The number of hydrogen-bond acceptors (Lipinski definition) is 2. The van der Waals surface area contributed by atoms with Crippen LogP contribution in [-0.4, -0.2) is 15.8 Å². The van der Waals surface area contributed by atoms with Crippen molar-refractivity contribution in [3.8, 4) is 0 Å². The van der Waals surface area contributed by atoms with Crippen LogP contribution < -0.4 is 0 Å². The zero-order valence-corrected chi connectivity index (χ0v) is 5.72. The number of carbonyl (C=O) groups excluding carboxylic acids is 1. The Balaban J connectivity index is 3.04. The summed E-state index contributed by atoms with van der Waals surface area (Å²) in [4.78, 5) is 17.5. The molecule has 1 aromatic heterocycles. The van der Waals surface area contributed by atoms with E-state index in [2.05, 4.69) is 16.5 Å². The number of nitrogens with zero attached hydrogens (tertiary/aromatic N) is 1. The molecule has 0 fully saturated rings. The zero-order chi connectivity index (χ0) is 7.56. The fourth-order valence-electron chi connectivity index (χ4n) is 0.704. The monoisotopic (exact) mass is 136 g/mol. The average molecular weight is 136 g/mol. The molecule has 52 valence electrons. The summed E-state index contributed by atoms with van der Waals surface area (Å²) in [5, 5.41) is 0. The van der Waals surface area contributed by atoms with E-state index in [0.29, 0.717) is 5.69 Å². The summed E-state index contributed by atoms with van der Waals surface area (Å²) >= 11 is 0. The van der Waals surface area contributed by atoms with Gasteiger partial charge in [-0.3, -0.25) is 4.79 Å². The van der Waals surface area contributed by atoms with E-state index in [4.69, 9.17) is 0 Å². The van der Waals surface area contributed by atoms with Crippen molar-refractivity contribution in [3.63, 3.8) is 0 Å². The molecular weight excluding hydrogens is 128 g/mol. The molecule has 0 saturated heterocycles. The number of allylic oxidation sites excluding steroid dienone is 1. The topological polar surface area (TPSA) is 45.8 Å². The first-order valence-corrected chi connectivity index (χ1v) is 2.92. The van der Waals surface area contributed by atoms with Crippen LogP contribution in [0, 0.1) is 6.92 Å². The molecule has 0 aliphatic carbocycles. The number of hydrogen-bond donors (Lipinski definition) is 1. The smallest absolute Gasteiger partial charge is 0.205 e. The molecular formula is C7H8N2O. The van der Waals surface area contributed by atoms with E-state index in [1.165, 1.54) is 12.4 Å². The first-order chi connectivity index (χ1) is 4.75. The van der Waals surface area contributed by atoms with Crippen LogP contribution in [-0.2, 0) is 0 Å². The van der Waals surface area contributed by atoms with Gasteiger partial charge in [0.15, 0.2) is 0 Å². The van der Waals surface area contributed by atoms with Gasteiger partial charge in [-0.25, -0.2) is 4.98 Å². The van der Waals surface area contributed by atoms with Crippen LogP contribution in [0.4, 0.5) is 0 Å². The lowest BCUT2D eigenvalue weighted by Crippen LogP contribution is -1.95. The van der Waals surface area contributed by atoms with Crippen molar-refractivity contribution in [1.29, 1.82) is 0 Å². The van der Waals surface area contributed by atoms with Crippen molar-refractivity contribution in [2.24, 2.45) is 0 Å². The number of aromatic nitrogens is 2. The largest absolute Gasteiger partial charge is 0.348 e. The number of aromatic amines is 1. The maximum Gasteiger partial charge on any atom is 0.205 e. The van der Waals surface area contributed by atoms with Gasteiger partial charge in [0, 0.05) is 5.69 Å². The highest BCUT2D eigenvalue weighted by atomic mass is 16.1. The minimum atomic E-state index is -0.140. The van der Waals surface area contributed by atoms with Gasteiger partial charge in [0.1, 0.15) is 5.69 Å². The molecule has 0 aliphatic rings. The second-order valence-corrected chi connectivity index (χ2v) is 1.94. The van der Waals surface area contributed by atoms with E-state index >= 15 is 0 Å². The maximum atomic E-state index is 10.9. The normalized spacial score (nSPS) is 9.30. The first kappa shape index (κ1) is 6.74. The van der Waals surface area contributed by atoms with Crippen LogP contribution in [0.25, 0.3) is 0 Å². The number of imidazole rings is 1. The number of rotatable bonds is 2. The molecule has 3 heteroatoms. The molecule has 0 spiro atoms. The maximum absolute atomic E-state index is 10.9. The van der Waals surface area contributed by atoms with Crippen LogP contribution >= 0.6 is 0 Å². The number of aryl methyl sites for hydroxylation is 1. The van der Waals surface area contributed by atoms with Crippen LogP contribution in [0.2, 0.25) is 0 Å². The van der Waals surface area contributed by atoms with Crippen molar-refractivity contribution in [2.75, 3.05) is 0 Å². The van der Waals surface area contributed by atoms with E-state index in [0.717, 1.165) is 5.69 Å². The Morgan fingerprint density at radius 3 is 3.00 bits per heavy atom. The fraction of sp³-hybridized carbons (Fsp3) is 0.143. The Morgan fingerprint density at radius 1 is 1.90 bits per heavy atom. The van der Waals surface area contributed by atoms with Crippen LogP contribution in [0.3, 0.4) is 0 Å². The molecule has 0 unspecified atom stereocenters. The zero-order valence-electron chi connectivity index (χ0n) is 5.72. The lowest BCUT2D eigenvalue weighted by molar-refractivity contribution is 0.104. The van der Waals surface area contributed by atoms with E-state index < -0.39 is 0 Å². The molecule has 10 heavy (non-hydrogen) atoms. The summed E-state index contributed by atoms with van der Waals surface area (Å²) in [5.41, 5.74) is 1.24. The predicted octanol–water partition coefficient (Wildman–Crippen LogP) is 1.09. The van der Waals surface area contributed by atoms with Gasteiger partial charge in [0.05, 0.1) is 6.33 Å². The van der Waals surface area contributed by atoms with Crippen molar-refractivity contribution >= 4 is 5.78 Å². The van der Waals surface area contributed by atoms with E-state index in [1.54, 1.807) is 6.92 Å². The van der Waals surface area contributed by atoms with Crippen LogP contribution in [0.5, 0.6) is 0 Å². The summed E-state index contributed by atoms with van der Waals surface area (Å²) < 4.78 is 0. The van der Waals surface area contributed by atoms with E-state index in [9.17, 15) is 4.79 Å². The second kappa shape index (κ2) is 2.47. The Hall–Kier alpha value is -1.38. The molecule has 0 saturated carbocycles. The predicted molar refractivity (Wildman–Crippen MR) is 37.9 cm³/mol. The molecule has 1 aromatic rings. The molecule has 0 aromatic carbocycles. The third-order valence-corrected chi connectivity index (χ3v) is 1.25. The molecule has 0 amide bonds. The Labute approximate surface area is 58.8 Å². The molecule has 0 aliphatic heterocycles. The van der Waals surface area contributed by atoms with E-state index in [1.807, 2.05) is 0 Å². The van der Waals surface area contributed by atoms with Crippen LogP contribution in [0.1, 0.15) is 16.2 Å². The van der Waals surface area contributed by atoms with Gasteiger partial charge in [0.2, 0.25) is 5.78 Å². The number of nitrogens with one attached hydrogen (secondary N) is 1. The number of carbonyl (C=O) groups is 1. The summed E-state index contributed by atoms with van der Waals surface area (Å²) in [5.74, 6) is -0.140. The second-order valence-electron chi connectivity index (χ2n) is 1.94. The SMILES string of the molecule is C=CC(=O)c1nc[nH]c1C. The minimum Gasteiger partial charge on any atom is -0.348 e.